The number of nitrogens with one attached hydrogen (secondary N) is 1. The van der Waals surface area contributed by atoms with Gasteiger partial charge < -0.3 is 15.2 Å². The van der Waals surface area contributed by atoms with Crippen LogP contribution in [0.4, 0.5) is 5.69 Å². The minimum Gasteiger partial charge on any atom is -0.506 e. The van der Waals surface area contributed by atoms with Crippen LogP contribution in [0.25, 0.3) is 0 Å². The number of benzene rings is 2. The zero-order chi connectivity index (χ0) is 14.8. The van der Waals surface area contributed by atoms with Crippen molar-refractivity contribution in [1.82, 2.24) is 0 Å². The first-order valence-corrected chi connectivity index (χ1v) is 7.98. The molecular formula is C16H15BrClNO2. The van der Waals surface area contributed by atoms with Gasteiger partial charge in [0.15, 0.2) is 0 Å². The van der Waals surface area contributed by atoms with Crippen LogP contribution >= 0.6 is 27.5 Å². The van der Waals surface area contributed by atoms with Crippen LogP contribution in [0.15, 0.2) is 40.9 Å². The smallest absolute Gasteiger partial charge is 0.134 e. The van der Waals surface area contributed by atoms with Crippen molar-refractivity contribution in [1.29, 1.82) is 0 Å². The van der Waals surface area contributed by atoms with Gasteiger partial charge in [-0.2, -0.15) is 0 Å². The molecule has 3 nitrogen and oxygen atoms in total. The molecule has 0 aromatic heterocycles. The molecule has 1 unspecified atom stereocenters. The van der Waals surface area contributed by atoms with Crippen molar-refractivity contribution in [2.24, 2.45) is 0 Å². The number of ether oxygens (including phenoxy) is 1. The summed E-state index contributed by atoms with van der Waals surface area (Å²) in [4.78, 5) is 0. The maximum absolute atomic E-state index is 9.50. The quantitative estimate of drug-likeness (QED) is 0.722. The molecule has 0 fully saturated rings. The van der Waals surface area contributed by atoms with E-state index < -0.39 is 0 Å². The van der Waals surface area contributed by atoms with Crippen molar-refractivity contribution in [3.63, 3.8) is 0 Å². The Balaban J connectivity index is 1.90. The third-order valence-electron chi connectivity index (χ3n) is 3.53. The second kappa shape index (κ2) is 6.16. The maximum atomic E-state index is 9.50. The van der Waals surface area contributed by atoms with Gasteiger partial charge in [0.1, 0.15) is 11.5 Å². The van der Waals surface area contributed by atoms with Crippen molar-refractivity contribution in [3.05, 3.63) is 51.5 Å². The molecule has 21 heavy (non-hydrogen) atoms. The van der Waals surface area contributed by atoms with Gasteiger partial charge in [-0.05, 0) is 43.2 Å². The average molecular weight is 369 g/mol. The van der Waals surface area contributed by atoms with E-state index >= 15 is 0 Å². The molecule has 1 aliphatic rings. The van der Waals surface area contributed by atoms with Crippen LogP contribution in [-0.2, 0) is 0 Å². The summed E-state index contributed by atoms with van der Waals surface area (Å²) in [5, 5.41) is 13.3. The maximum Gasteiger partial charge on any atom is 0.134 e. The predicted molar refractivity (Wildman–Crippen MR) is 88.4 cm³/mol. The lowest BCUT2D eigenvalue weighted by Crippen LogP contribution is -2.10. The van der Waals surface area contributed by atoms with Crippen molar-refractivity contribution in [2.45, 2.75) is 18.9 Å². The number of phenolic OH excluding ortho intramolecular Hbond substituents is 1. The van der Waals surface area contributed by atoms with Gasteiger partial charge in [-0.15, -0.1) is 0 Å². The molecule has 0 bridgehead atoms. The first-order chi connectivity index (χ1) is 10.1. The van der Waals surface area contributed by atoms with E-state index in [-0.39, 0.29) is 11.8 Å². The number of hydrogen-bond acceptors (Lipinski definition) is 3. The number of rotatable bonds is 2. The van der Waals surface area contributed by atoms with Crippen molar-refractivity contribution in [2.75, 3.05) is 11.9 Å². The van der Waals surface area contributed by atoms with Crippen LogP contribution in [-0.4, -0.2) is 11.7 Å². The number of halogens is 2. The molecule has 3 rings (SSSR count). The van der Waals surface area contributed by atoms with E-state index in [1.165, 1.54) is 0 Å². The molecule has 2 N–H and O–H groups in total. The second-order valence-electron chi connectivity index (χ2n) is 5.04. The highest BCUT2D eigenvalue weighted by atomic mass is 79.9. The topological polar surface area (TPSA) is 41.5 Å². The molecule has 5 heteroatoms. The summed E-state index contributed by atoms with van der Waals surface area (Å²) in [7, 11) is 0. The molecule has 0 radical (unpaired) electrons. The Labute approximate surface area is 137 Å². The van der Waals surface area contributed by atoms with Crippen LogP contribution in [0.5, 0.6) is 11.5 Å². The van der Waals surface area contributed by atoms with Crippen LogP contribution in [0.3, 0.4) is 0 Å². The third-order valence-corrected chi connectivity index (χ3v) is 4.33. The summed E-state index contributed by atoms with van der Waals surface area (Å²) in [5.41, 5.74) is 2.03. The summed E-state index contributed by atoms with van der Waals surface area (Å²) in [6, 6.07) is 11.4. The van der Waals surface area contributed by atoms with Crippen LogP contribution < -0.4 is 10.1 Å². The fourth-order valence-corrected chi connectivity index (χ4v) is 3.01. The molecule has 110 valence electrons. The largest absolute Gasteiger partial charge is 0.506 e. The van der Waals surface area contributed by atoms with Crippen LogP contribution in [0.2, 0.25) is 5.02 Å². The zero-order valence-corrected chi connectivity index (χ0v) is 13.6. The van der Waals surface area contributed by atoms with E-state index in [1.54, 1.807) is 12.1 Å². The Morgan fingerprint density at radius 1 is 1.24 bits per heavy atom. The van der Waals surface area contributed by atoms with Crippen LogP contribution in [0.1, 0.15) is 24.4 Å². The highest BCUT2D eigenvalue weighted by Gasteiger charge is 2.20. The SMILES string of the molecule is Oc1ccc(NC2CCCOc3cc(Br)ccc32)cc1Cl. The van der Waals surface area contributed by atoms with Gasteiger partial charge in [-0.1, -0.05) is 33.6 Å². The Morgan fingerprint density at radius 2 is 2.10 bits per heavy atom. The molecule has 1 atom stereocenters. The molecule has 0 spiro atoms. The number of phenols is 1. The lowest BCUT2D eigenvalue weighted by Gasteiger charge is -2.20. The van der Waals surface area contributed by atoms with Gasteiger partial charge in [0.2, 0.25) is 0 Å². The molecular weight excluding hydrogens is 354 g/mol. The molecule has 1 aliphatic heterocycles. The Hall–Kier alpha value is -1.39. The van der Waals surface area contributed by atoms with Crippen molar-refractivity contribution < 1.29 is 9.84 Å². The Kier molecular flexibility index (Phi) is 4.27. The van der Waals surface area contributed by atoms with E-state index in [1.807, 2.05) is 18.2 Å². The molecule has 0 amide bonds. The monoisotopic (exact) mass is 367 g/mol. The number of anilines is 1. The average Bonchev–Trinajstić information content (AvgIpc) is 2.65. The standard InChI is InChI=1S/C16H15BrClNO2/c17-10-3-5-12-14(2-1-7-21-16(12)8-10)19-11-4-6-15(20)13(18)9-11/h3-6,8-9,14,19-20H,1-2,7H2. The predicted octanol–water partition coefficient (Wildman–Crippen LogP) is 5.13. The van der Waals surface area contributed by atoms with Gasteiger partial charge in [0.25, 0.3) is 0 Å². The summed E-state index contributed by atoms with van der Waals surface area (Å²) in [6.45, 7) is 0.720. The molecule has 0 saturated heterocycles. The van der Waals surface area contributed by atoms with E-state index in [0.717, 1.165) is 40.9 Å². The van der Waals surface area contributed by atoms with E-state index in [0.29, 0.717) is 5.02 Å². The molecule has 1 heterocycles. The first kappa shape index (κ1) is 14.5. The van der Waals surface area contributed by atoms with Gasteiger partial charge in [0.05, 0.1) is 17.7 Å². The van der Waals surface area contributed by atoms with Crippen molar-refractivity contribution >= 4 is 33.2 Å². The van der Waals surface area contributed by atoms with E-state index in [4.69, 9.17) is 16.3 Å². The van der Waals surface area contributed by atoms with Crippen LogP contribution in [0, 0.1) is 0 Å². The Bertz CT molecular complexity index is 663. The summed E-state index contributed by atoms with van der Waals surface area (Å²) < 4.78 is 6.81. The summed E-state index contributed by atoms with van der Waals surface area (Å²) in [6.07, 6.45) is 1.96. The van der Waals surface area contributed by atoms with Gasteiger partial charge in [-0.25, -0.2) is 0 Å². The van der Waals surface area contributed by atoms with E-state index in [9.17, 15) is 5.11 Å². The molecule has 2 aromatic carbocycles. The van der Waals surface area contributed by atoms with Gasteiger partial charge >= 0.3 is 0 Å². The minimum atomic E-state index is 0.0933. The number of hydrogen-bond donors (Lipinski definition) is 2. The molecule has 0 saturated carbocycles. The van der Waals surface area contributed by atoms with Gasteiger partial charge in [-0.3, -0.25) is 0 Å². The lowest BCUT2D eigenvalue weighted by atomic mass is 10.0. The zero-order valence-electron chi connectivity index (χ0n) is 11.3. The highest BCUT2D eigenvalue weighted by molar-refractivity contribution is 9.10. The molecule has 2 aromatic rings. The highest BCUT2D eigenvalue weighted by Crippen LogP contribution is 2.36. The van der Waals surface area contributed by atoms with E-state index in [2.05, 4.69) is 27.3 Å². The summed E-state index contributed by atoms with van der Waals surface area (Å²) >= 11 is 9.44. The second-order valence-corrected chi connectivity index (χ2v) is 6.36. The lowest BCUT2D eigenvalue weighted by molar-refractivity contribution is 0.316. The minimum absolute atomic E-state index is 0.0933. The number of fused-ring (bicyclic) bond motifs is 1. The van der Waals surface area contributed by atoms with Crippen molar-refractivity contribution in [3.8, 4) is 11.5 Å². The third kappa shape index (κ3) is 3.27. The molecule has 0 aliphatic carbocycles. The Morgan fingerprint density at radius 3 is 2.90 bits per heavy atom. The normalized spacial score (nSPS) is 17.5. The fraction of sp³-hybridized carbons (Fsp3) is 0.250. The first-order valence-electron chi connectivity index (χ1n) is 6.81. The number of aromatic hydroxyl groups is 1. The summed E-state index contributed by atoms with van der Waals surface area (Å²) in [5.74, 6) is 1.000. The van der Waals surface area contributed by atoms with Gasteiger partial charge in [0, 0.05) is 15.7 Å². The fourth-order valence-electron chi connectivity index (χ4n) is 2.49.